The van der Waals surface area contributed by atoms with E-state index >= 15 is 0 Å². The van der Waals surface area contributed by atoms with Crippen LogP contribution in [0, 0.1) is 17.2 Å². The first-order chi connectivity index (χ1) is 21.4. The number of carbonyl (C=O) groups is 3. The van der Waals surface area contributed by atoms with Crippen LogP contribution in [0.3, 0.4) is 0 Å². The molecule has 3 aliphatic rings. The Morgan fingerprint density at radius 1 is 1.04 bits per heavy atom. The molecule has 2 N–H and O–H groups in total. The summed E-state index contributed by atoms with van der Waals surface area (Å²) in [4.78, 5) is 46.3. The van der Waals surface area contributed by atoms with E-state index in [0.29, 0.717) is 19.6 Å². The number of aromatic nitrogens is 2. The number of nitrogens with one attached hydrogen (secondary N) is 1. The van der Waals surface area contributed by atoms with E-state index in [1.807, 2.05) is 36.4 Å². The van der Waals surface area contributed by atoms with Crippen molar-refractivity contribution in [2.75, 3.05) is 26.2 Å². The molecule has 0 unspecified atom stereocenters. The molecule has 2 aromatic rings. The van der Waals surface area contributed by atoms with Crippen LogP contribution >= 0.6 is 0 Å². The number of carbonyl (C=O) groups excluding carboxylic acids is 2. The van der Waals surface area contributed by atoms with Crippen LogP contribution < -0.4 is 5.32 Å². The van der Waals surface area contributed by atoms with Crippen molar-refractivity contribution < 1.29 is 23.9 Å². The molecule has 3 heterocycles. The summed E-state index contributed by atoms with van der Waals surface area (Å²) in [6, 6.07) is 6.63. The summed E-state index contributed by atoms with van der Waals surface area (Å²) in [6.45, 7) is 10.3. The van der Waals surface area contributed by atoms with Crippen molar-refractivity contribution in [2.24, 2.45) is 11.3 Å². The zero-order valence-electron chi connectivity index (χ0n) is 27.1. The van der Waals surface area contributed by atoms with E-state index in [4.69, 9.17) is 0 Å². The normalized spacial score (nSPS) is 22.5. The van der Waals surface area contributed by atoms with E-state index in [1.165, 1.54) is 17.0 Å². The second kappa shape index (κ2) is 13.9. The molecule has 45 heavy (non-hydrogen) atoms. The Balaban J connectivity index is 1.43. The first kappa shape index (κ1) is 32.9. The lowest BCUT2D eigenvalue weighted by Crippen LogP contribution is -2.61. The third-order valence-electron chi connectivity index (χ3n) is 9.73. The van der Waals surface area contributed by atoms with Crippen LogP contribution in [0.2, 0.25) is 0 Å². The topological polar surface area (TPSA) is 111 Å². The maximum atomic E-state index is 14.8. The van der Waals surface area contributed by atoms with Crippen molar-refractivity contribution in [3.63, 3.8) is 0 Å². The quantitative estimate of drug-likeness (QED) is 0.411. The van der Waals surface area contributed by atoms with Crippen LogP contribution in [0.1, 0.15) is 89.9 Å². The van der Waals surface area contributed by atoms with Crippen molar-refractivity contribution in [1.82, 2.24) is 29.8 Å². The molecular weight excluding hydrogens is 575 g/mol. The fraction of sp³-hybridized carbons (Fsp3) is 0.647. The van der Waals surface area contributed by atoms with E-state index in [2.05, 4.69) is 15.3 Å². The second-order valence-electron chi connectivity index (χ2n) is 14.4. The number of hydrogen-bond acceptors (Lipinski definition) is 5. The van der Waals surface area contributed by atoms with Gasteiger partial charge in [0.25, 0.3) is 0 Å². The van der Waals surface area contributed by atoms with Crippen molar-refractivity contribution in [3.8, 4) is 0 Å². The zero-order valence-corrected chi connectivity index (χ0v) is 27.1. The highest BCUT2D eigenvalue weighted by Crippen LogP contribution is 2.35. The summed E-state index contributed by atoms with van der Waals surface area (Å²) in [5.74, 6) is -0.859. The van der Waals surface area contributed by atoms with Crippen molar-refractivity contribution in [3.05, 3.63) is 53.6 Å². The summed E-state index contributed by atoms with van der Waals surface area (Å²) < 4.78 is 15.5. The van der Waals surface area contributed by atoms with Crippen LogP contribution in [0.5, 0.6) is 0 Å². The van der Waals surface area contributed by atoms with Crippen molar-refractivity contribution >= 4 is 17.9 Å². The summed E-state index contributed by atoms with van der Waals surface area (Å²) in [5, 5.41) is 17.6. The molecule has 2 aliphatic heterocycles. The number of carboxylic acid groups (broad SMARTS) is 1. The van der Waals surface area contributed by atoms with Crippen molar-refractivity contribution in [1.29, 1.82) is 0 Å². The number of amides is 3. The Labute approximate surface area is 265 Å². The third kappa shape index (κ3) is 7.85. The average molecular weight is 625 g/mol. The first-order valence-electron chi connectivity index (χ1n) is 16.5. The van der Waals surface area contributed by atoms with Crippen LogP contribution in [-0.2, 0) is 16.1 Å². The summed E-state index contributed by atoms with van der Waals surface area (Å²) in [5.41, 5.74) is 1.48. The molecule has 1 aromatic carbocycles. The Bertz CT molecular complexity index is 1330. The summed E-state index contributed by atoms with van der Waals surface area (Å²) in [7, 11) is 0. The van der Waals surface area contributed by atoms with E-state index in [1.54, 1.807) is 25.3 Å². The molecule has 0 spiro atoms. The SMILES string of the molecule is C[C@@H](C(=O)N[C@H](C(=O)N1C[C@H]2CCCN2C[C@H]1c1ccnn1Cc1ccc(F)cc1)C1CCCCC1)N(CC(C)(C)C)C(=O)O. The third-order valence-corrected chi connectivity index (χ3v) is 9.73. The minimum Gasteiger partial charge on any atom is -0.465 e. The molecule has 1 aliphatic carbocycles. The second-order valence-corrected chi connectivity index (χ2v) is 14.4. The van der Waals surface area contributed by atoms with Gasteiger partial charge in [0.15, 0.2) is 0 Å². The van der Waals surface area contributed by atoms with E-state index in [0.717, 1.165) is 62.7 Å². The lowest BCUT2D eigenvalue weighted by atomic mass is 9.82. The van der Waals surface area contributed by atoms with Gasteiger partial charge in [-0.25, -0.2) is 9.18 Å². The number of fused-ring (bicyclic) bond motifs is 1. The Hall–Kier alpha value is -3.47. The minimum absolute atomic E-state index is 0.0188. The molecule has 3 amide bonds. The van der Waals surface area contributed by atoms with Gasteiger partial charge in [0, 0.05) is 31.9 Å². The van der Waals surface area contributed by atoms with Crippen LogP contribution in [0.25, 0.3) is 0 Å². The lowest BCUT2D eigenvalue weighted by Gasteiger charge is -2.46. The predicted octanol–water partition coefficient (Wildman–Crippen LogP) is 4.90. The number of benzene rings is 1. The fourth-order valence-corrected chi connectivity index (χ4v) is 7.36. The maximum absolute atomic E-state index is 14.8. The highest BCUT2D eigenvalue weighted by molar-refractivity contribution is 5.91. The van der Waals surface area contributed by atoms with Crippen LogP contribution in [-0.4, -0.2) is 91.8 Å². The van der Waals surface area contributed by atoms with Gasteiger partial charge in [0.2, 0.25) is 11.8 Å². The van der Waals surface area contributed by atoms with Gasteiger partial charge in [-0.2, -0.15) is 5.10 Å². The highest BCUT2D eigenvalue weighted by atomic mass is 19.1. The highest BCUT2D eigenvalue weighted by Gasteiger charge is 2.44. The van der Waals surface area contributed by atoms with E-state index in [-0.39, 0.29) is 41.7 Å². The number of nitrogens with zero attached hydrogens (tertiary/aromatic N) is 5. The molecule has 3 fully saturated rings. The van der Waals surface area contributed by atoms with Gasteiger partial charge in [-0.05, 0) is 74.2 Å². The number of rotatable bonds is 9. The summed E-state index contributed by atoms with van der Waals surface area (Å²) in [6.07, 6.45) is 7.46. The molecule has 1 saturated carbocycles. The van der Waals surface area contributed by atoms with Crippen molar-refractivity contribution in [2.45, 2.75) is 103 Å². The van der Waals surface area contributed by atoms with Gasteiger partial charge in [0.1, 0.15) is 17.9 Å². The van der Waals surface area contributed by atoms with Gasteiger partial charge >= 0.3 is 6.09 Å². The minimum atomic E-state index is -1.15. The molecule has 1 aromatic heterocycles. The Morgan fingerprint density at radius 3 is 2.42 bits per heavy atom. The Kier molecular flexibility index (Phi) is 10.2. The van der Waals surface area contributed by atoms with Gasteiger partial charge in [-0.15, -0.1) is 0 Å². The lowest BCUT2D eigenvalue weighted by molar-refractivity contribution is -0.145. The molecular formula is C34H49FN6O4. The van der Waals surface area contributed by atoms with E-state index < -0.39 is 24.1 Å². The Morgan fingerprint density at radius 2 is 1.76 bits per heavy atom. The van der Waals surface area contributed by atoms with Gasteiger partial charge in [-0.1, -0.05) is 52.2 Å². The van der Waals surface area contributed by atoms with Gasteiger partial charge in [-0.3, -0.25) is 24.1 Å². The van der Waals surface area contributed by atoms with Crippen LogP contribution in [0.15, 0.2) is 36.5 Å². The molecule has 5 rings (SSSR count). The fourth-order valence-electron chi connectivity index (χ4n) is 7.36. The monoisotopic (exact) mass is 624 g/mol. The van der Waals surface area contributed by atoms with E-state index in [9.17, 15) is 23.9 Å². The molecule has 4 atom stereocenters. The number of piperazine rings is 1. The zero-order chi connectivity index (χ0) is 32.3. The molecule has 246 valence electrons. The first-order valence-corrected chi connectivity index (χ1v) is 16.5. The number of hydrogen-bond donors (Lipinski definition) is 2. The number of halogens is 1. The predicted molar refractivity (Wildman–Crippen MR) is 169 cm³/mol. The smallest absolute Gasteiger partial charge is 0.407 e. The van der Waals surface area contributed by atoms with Crippen LogP contribution in [0.4, 0.5) is 9.18 Å². The standard InChI is InChI=1S/C34H49FN6O4/c1-23(40(33(44)45)22-34(2,3)4)31(42)37-30(25-9-6-5-7-10-25)32(43)39-20-27-11-8-18-38(27)21-29(39)28-16-17-36-41(28)19-24-12-14-26(35)15-13-24/h12-17,23,25,27,29-30H,5-11,18-22H2,1-4H3,(H,37,42)(H,44,45)/t23-,27+,29-,30-/m0/s1. The van der Waals surface area contributed by atoms with Gasteiger partial charge in [0.05, 0.1) is 18.3 Å². The molecule has 0 radical (unpaired) electrons. The molecule has 10 nitrogen and oxygen atoms in total. The molecule has 2 saturated heterocycles. The molecule has 11 heteroatoms. The average Bonchev–Trinajstić information content (AvgIpc) is 3.67. The van der Waals surface area contributed by atoms with Gasteiger partial charge < -0.3 is 15.3 Å². The largest absolute Gasteiger partial charge is 0.465 e. The molecule has 0 bridgehead atoms. The maximum Gasteiger partial charge on any atom is 0.407 e. The summed E-state index contributed by atoms with van der Waals surface area (Å²) >= 11 is 0.